The van der Waals surface area contributed by atoms with Gasteiger partial charge in [0.25, 0.3) is 0 Å². The molecule has 1 atom stereocenters. The van der Waals surface area contributed by atoms with E-state index < -0.39 is 0 Å². The second kappa shape index (κ2) is 8.25. The van der Waals surface area contributed by atoms with E-state index in [1.807, 2.05) is 49.3 Å². The van der Waals surface area contributed by atoms with Crippen LogP contribution >= 0.6 is 11.6 Å². The van der Waals surface area contributed by atoms with Crippen molar-refractivity contribution in [2.45, 2.75) is 6.04 Å². The van der Waals surface area contributed by atoms with Crippen LogP contribution in [0.1, 0.15) is 17.2 Å². The first kappa shape index (κ1) is 18.3. The number of ether oxygens (including phenoxy) is 2. The van der Waals surface area contributed by atoms with Crippen molar-refractivity contribution < 1.29 is 14.3 Å². The van der Waals surface area contributed by atoms with Crippen molar-refractivity contribution in [2.75, 3.05) is 27.4 Å². The molecule has 1 aliphatic rings. The molecule has 1 heterocycles. The minimum absolute atomic E-state index is 0.0938. The van der Waals surface area contributed by atoms with E-state index in [9.17, 15) is 4.79 Å². The van der Waals surface area contributed by atoms with Crippen molar-refractivity contribution in [2.24, 2.45) is 0 Å². The SMILES string of the molecule is CN(C)CC(NC(=O)/C=C/c1cc(Cl)c2c(c1)OCO2)c1ccccc1. The van der Waals surface area contributed by atoms with Crippen molar-refractivity contribution in [1.29, 1.82) is 0 Å². The minimum atomic E-state index is -0.172. The maximum Gasteiger partial charge on any atom is 0.244 e. The topological polar surface area (TPSA) is 50.8 Å². The van der Waals surface area contributed by atoms with Crippen molar-refractivity contribution >= 4 is 23.6 Å². The van der Waals surface area contributed by atoms with Crippen LogP contribution in [-0.2, 0) is 4.79 Å². The molecule has 2 aromatic carbocycles. The van der Waals surface area contributed by atoms with Crippen LogP contribution in [0.15, 0.2) is 48.5 Å². The number of likely N-dealkylation sites (N-methyl/N-ethyl adjacent to an activating group) is 1. The number of halogens is 1. The van der Waals surface area contributed by atoms with Crippen LogP contribution in [0.2, 0.25) is 5.02 Å². The zero-order chi connectivity index (χ0) is 18.5. The molecule has 1 amide bonds. The quantitative estimate of drug-likeness (QED) is 0.788. The lowest BCUT2D eigenvalue weighted by Crippen LogP contribution is -2.34. The summed E-state index contributed by atoms with van der Waals surface area (Å²) >= 11 is 6.17. The Balaban J connectivity index is 1.70. The molecule has 0 aromatic heterocycles. The van der Waals surface area contributed by atoms with Gasteiger partial charge in [0.05, 0.1) is 11.1 Å². The normalized spacial score (nSPS) is 14.0. The molecule has 6 heteroatoms. The van der Waals surface area contributed by atoms with Gasteiger partial charge in [-0.3, -0.25) is 4.79 Å². The highest BCUT2D eigenvalue weighted by Gasteiger charge is 2.18. The number of hydrogen-bond acceptors (Lipinski definition) is 4. The van der Waals surface area contributed by atoms with Crippen molar-refractivity contribution in [3.05, 3.63) is 64.7 Å². The highest BCUT2D eigenvalue weighted by atomic mass is 35.5. The van der Waals surface area contributed by atoms with Crippen molar-refractivity contribution in [3.8, 4) is 11.5 Å². The molecule has 0 bridgehead atoms. The molecular formula is C20H21ClN2O3. The van der Waals surface area contributed by atoms with Crippen LogP contribution in [0.4, 0.5) is 0 Å². The van der Waals surface area contributed by atoms with Crippen LogP contribution in [0, 0.1) is 0 Å². The highest BCUT2D eigenvalue weighted by molar-refractivity contribution is 6.32. The number of nitrogens with zero attached hydrogens (tertiary/aromatic N) is 1. The Morgan fingerprint density at radius 2 is 2.04 bits per heavy atom. The minimum Gasteiger partial charge on any atom is -0.454 e. The molecule has 26 heavy (non-hydrogen) atoms. The van der Waals surface area contributed by atoms with Crippen molar-refractivity contribution in [1.82, 2.24) is 10.2 Å². The molecule has 0 saturated heterocycles. The van der Waals surface area contributed by atoms with E-state index in [0.29, 0.717) is 23.1 Å². The fraction of sp³-hybridized carbons (Fsp3) is 0.250. The molecule has 0 saturated carbocycles. The number of fused-ring (bicyclic) bond motifs is 1. The number of hydrogen-bond donors (Lipinski definition) is 1. The smallest absolute Gasteiger partial charge is 0.244 e. The van der Waals surface area contributed by atoms with E-state index in [-0.39, 0.29) is 18.7 Å². The van der Waals surface area contributed by atoms with Gasteiger partial charge in [0.15, 0.2) is 11.5 Å². The molecule has 0 spiro atoms. The Labute approximate surface area is 158 Å². The van der Waals surface area contributed by atoms with Gasteiger partial charge < -0.3 is 19.7 Å². The third kappa shape index (κ3) is 4.56. The monoisotopic (exact) mass is 372 g/mol. The summed E-state index contributed by atoms with van der Waals surface area (Å²) in [5.74, 6) is 0.963. The summed E-state index contributed by atoms with van der Waals surface area (Å²) in [5.41, 5.74) is 1.84. The van der Waals surface area contributed by atoms with Gasteiger partial charge in [-0.15, -0.1) is 0 Å². The van der Waals surface area contributed by atoms with E-state index in [1.54, 1.807) is 18.2 Å². The largest absolute Gasteiger partial charge is 0.454 e. The fourth-order valence-corrected chi connectivity index (χ4v) is 3.03. The highest BCUT2D eigenvalue weighted by Crippen LogP contribution is 2.40. The van der Waals surface area contributed by atoms with Gasteiger partial charge in [-0.05, 0) is 43.4 Å². The number of carbonyl (C=O) groups is 1. The number of rotatable bonds is 6. The van der Waals surface area contributed by atoms with Gasteiger partial charge in [0.1, 0.15) is 0 Å². The summed E-state index contributed by atoms with van der Waals surface area (Å²) in [6, 6.07) is 13.4. The average Bonchev–Trinajstić information content (AvgIpc) is 3.09. The Hall–Kier alpha value is -2.50. The first-order valence-electron chi connectivity index (χ1n) is 8.30. The molecule has 136 valence electrons. The summed E-state index contributed by atoms with van der Waals surface area (Å²) in [6.07, 6.45) is 3.21. The van der Waals surface area contributed by atoms with Crippen LogP contribution < -0.4 is 14.8 Å². The molecule has 0 fully saturated rings. The summed E-state index contributed by atoms with van der Waals surface area (Å²) in [5, 5.41) is 3.51. The summed E-state index contributed by atoms with van der Waals surface area (Å²) in [7, 11) is 3.96. The van der Waals surface area contributed by atoms with Gasteiger partial charge in [-0.1, -0.05) is 41.9 Å². The lowest BCUT2D eigenvalue weighted by atomic mass is 10.1. The third-order valence-electron chi connectivity index (χ3n) is 3.94. The van der Waals surface area contributed by atoms with Gasteiger partial charge >= 0.3 is 0 Å². The molecule has 5 nitrogen and oxygen atoms in total. The molecular weight excluding hydrogens is 352 g/mol. The van der Waals surface area contributed by atoms with Crippen LogP contribution in [0.25, 0.3) is 6.08 Å². The van der Waals surface area contributed by atoms with Crippen LogP contribution in [-0.4, -0.2) is 38.2 Å². The Kier molecular flexibility index (Phi) is 5.81. The molecule has 3 rings (SSSR count). The van der Waals surface area contributed by atoms with Crippen molar-refractivity contribution in [3.63, 3.8) is 0 Å². The van der Waals surface area contributed by atoms with E-state index >= 15 is 0 Å². The molecule has 2 aromatic rings. The number of benzene rings is 2. The predicted molar refractivity (Wildman–Crippen MR) is 102 cm³/mol. The second-order valence-corrected chi connectivity index (χ2v) is 6.71. The lowest BCUT2D eigenvalue weighted by molar-refractivity contribution is -0.117. The maximum absolute atomic E-state index is 12.4. The zero-order valence-corrected chi connectivity index (χ0v) is 15.5. The standard InChI is InChI=1S/C20H21ClN2O3/c1-23(2)12-17(15-6-4-3-5-7-15)22-19(24)9-8-14-10-16(21)20-18(11-14)25-13-26-20/h3-11,17H,12-13H2,1-2H3,(H,22,24)/b9-8+. The molecule has 0 aliphatic carbocycles. The maximum atomic E-state index is 12.4. The second-order valence-electron chi connectivity index (χ2n) is 6.30. The predicted octanol–water partition coefficient (Wildman–Crippen LogP) is 3.50. The summed E-state index contributed by atoms with van der Waals surface area (Å²) in [4.78, 5) is 14.4. The zero-order valence-electron chi connectivity index (χ0n) is 14.7. The van der Waals surface area contributed by atoms with Gasteiger partial charge in [0, 0.05) is 12.6 Å². The summed E-state index contributed by atoms with van der Waals surface area (Å²) in [6.45, 7) is 0.867. The third-order valence-corrected chi connectivity index (χ3v) is 4.22. The Morgan fingerprint density at radius 1 is 1.27 bits per heavy atom. The molecule has 1 aliphatic heterocycles. The van der Waals surface area contributed by atoms with Gasteiger partial charge in [0.2, 0.25) is 12.7 Å². The average molecular weight is 373 g/mol. The number of amides is 1. The van der Waals surface area contributed by atoms with Crippen LogP contribution in [0.3, 0.4) is 0 Å². The number of nitrogens with one attached hydrogen (secondary N) is 1. The first-order valence-corrected chi connectivity index (χ1v) is 8.68. The van der Waals surface area contributed by atoms with E-state index in [1.165, 1.54) is 6.08 Å². The van der Waals surface area contributed by atoms with E-state index in [4.69, 9.17) is 21.1 Å². The fourth-order valence-electron chi connectivity index (χ4n) is 2.76. The van der Waals surface area contributed by atoms with Gasteiger partial charge in [-0.25, -0.2) is 0 Å². The molecule has 0 radical (unpaired) electrons. The lowest BCUT2D eigenvalue weighted by Gasteiger charge is -2.22. The Morgan fingerprint density at radius 3 is 2.77 bits per heavy atom. The van der Waals surface area contributed by atoms with E-state index in [0.717, 1.165) is 11.1 Å². The Bertz CT molecular complexity index is 806. The molecule has 1 N–H and O–H groups in total. The number of carbonyl (C=O) groups excluding carboxylic acids is 1. The summed E-state index contributed by atoms with van der Waals surface area (Å²) < 4.78 is 10.6. The molecule has 1 unspecified atom stereocenters. The van der Waals surface area contributed by atoms with Crippen LogP contribution in [0.5, 0.6) is 11.5 Å². The first-order chi connectivity index (χ1) is 12.5. The van der Waals surface area contributed by atoms with Gasteiger partial charge in [-0.2, -0.15) is 0 Å². The van der Waals surface area contributed by atoms with E-state index in [2.05, 4.69) is 5.32 Å².